The molecular formula is C20H29O2P. The summed E-state index contributed by atoms with van der Waals surface area (Å²) in [6.07, 6.45) is 7.09. The molecule has 1 aromatic carbocycles. The summed E-state index contributed by atoms with van der Waals surface area (Å²) < 4.78 is 11.6. The fourth-order valence-corrected chi connectivity index (χ4v) is 6.51. The van der Waals surface area contributed by atoms with Crippen LogP contribution in [0.25, 0.3) is 5.57 Å². The second kappa shape index (κ2) is 7.75. The summed E-state index contributed by atoms with van der Waals surface area (Å²) in [5, 5.41) is 1.45. The van der Waals surface area contributed by atoms with Crippen molar-refractivity contribution < 1.29 is 9.47 Å². The molecule has 0 aromatic heterocycles. The zero-order valence-corrected chi connectivity index (χ0v) is 16.1. The second-order valence-corrected chi connectivity index (χ2v) is 9.85. The maximum atomic E-state index is 5.82. The summed E-state index contributed by atoms with van der Waals surface area (Å²) >= 11 is 0. The fraction of sp³-hybridized carbons (Fsp3) is 0.500. The highest BCUT2D eigenvalue weighted by Crippen LogP contribution is 2.48. The molecule has 0 radical (unpaired) electrons. The predicted molar refractivity (Wildman–Crippen MR) is 102 cm³/mol. The van der Waals surface area contributed by atoms with Crippen molar-refractivity contribution in [3.8, 4) is 0 Å². The van der Waals surface area contributed by atoms with Gasteiger partial charge in [-0.2, -0.15) is 0 Å². The van der Waals surface area contributed by atoms with Crippen LogP contribution in [0.1, 0.15) is 39.7 Å². The first-order valence-electron chi connectivity index (χ1n) is 8.32. The van der Waals surface area contributed by atoms with E-state index in [1.165, 1.54) is 10.9 Å². The van der Waals surface area contributed by atoms with Gasteiger partial charge in [0.15, 0.2) is 5.79 Å². The molecule has 1 aliphatic rings. The molecule has 2 rings (SSSR count). The third-order valence-electron chi connectivity index (χ3n) is 4.44. The van der Waals surface area contributed by atoms with Crippen LogP contribution in [-0.2, 0) is 9.47 Å². The molecule has 1 aromatic rings. The minimum Gasteiger partial charge on any atom is -0.349 e. The normalized spacial score (nSPS) is 17.2. The van der Waals surface area contributed by atoms with E-state index in [-0.39, 0.29) is 7.92 Å². The lowest BCUT2D eigenvalue weighted by molar-refractivity contribution is -0.159. The van der Waals surface area contributed by atoms with E-state index < -0.39 is 5.79 Å². The van der Waals surface area contributed by atoms with Gasteiger partial charge in [0.05, 0.1) is 0 Å². The molecule has 3 heteroatoms. The molecule has 0 bridgehead atoms. The zero-order valence-electron chi connectivity index (χ0n) is 15.2. The van der Waals surface area contributed by atoms with Crippen LogP contribution in [0, 0.1) is 0 Å². The molecule has 0 atom stereocenters. The van der Waals surface area contributed by atoms with Gasteiger partial charge in [-0.15, -0.1) is 0 Å². The van der Waals surface area contributed by atoms with Gasteiger partial charge in [-0.25, -0.2) is 0 Å². The smallest absolute Gasteiger partial charge is 0.198 e. The standard InChI is InChI=1S/C20H29O2P/c1-15(2)23(16(3)4)19-13-8-7-11-17(19)18-12-9-10-14-20(18,21-5)22-6/h7-13,15-16H,14H2,1-6H3. The van der Waals surface area contributed by atoms with Crippen molar-refractivity contribution in [2.45, 2.75) is 51.2 Å². The van der Waals surface area contributed by atoms with Crippen LogP contribution in [-0.4, -0.2) is 31.3 Å². The largest absolute Gasteiger partial charge is 0.349 e. The molecule has 126 valence electrons. The minimum atomic E-state index is -0.681. The number of benzene rings is 1. The summed E-state index contributed by atoms with van der Waals surface area (Å²) in [4.78, 5) is 0. The number of ether oxygens (including phenoxy) is 2. The lowest BCUT2D eigenvalue weighted by Crippen LogP contribution is -2.37. The van der Waals surface area contributed by atoms with E-state index in [0.717, 1.165) is 12.0 Å². The van der Waals surface area contributed by atoms with Gasteiger partial charge < -0.3 is 9.47 Å². The van der Waals surface area contributed by atoms with Gasteiger partial charge in [0.25, 0.3) is 0 Å². The van der Waals surface area contributed by atoms with Crippen LogP contribution >= 0.6 is 7.92 Å². The van der Waals surface area contributed by atoms with Crippen LogP contribution in [0.2, 0.25) is 0 Å². The van der Waals surface area contributed by atoms with Crippen LogP contribution in [0.15, 0.2) is 42.5 Å². The Hall–Kier alpha value is -0.950. The van der Waals surface area contributed by atoms with E-state index in [2.05, 4.69) is 70.2 Å². The van der Waals surface area contributed by atoms with E-state index in [1.807, 2.05) is 0 Å². The monoisotopic (exact) mass is 332 g/mol. The van der Waals surface area contributed by atoms with Gasteiger partial charge in [-0.05, 0) is 22.2 Å². The van der Waals surface area contributed by atoms with Crippen LogP contribution in [0.3, 0.4) is 0 Å². The minimum absolute atomic E-state index is 0.247. The first-order valence-corrected chi connectivity index (χ1v) is 9.80. The molecule has 1 aliphatic carbocycles. The Labute approximate surface area is 142 Å². The van der Waals surface area contributed by atoms with Crippen molar-refractivity contribution in [2.75, 3.05) is 14.2 Å². The average Bonchev–Trinajstić information content (AvgIpc) is 2.54. The van der Waals surface area contributed by atoms with Crippen molar-refractivity contribution in [2.24, 2.45) is 0 Å². The van der Waals surface area contributed by atoms with Crippen LogP contribution in [0.4, 0.5) is 0 Å². The Balaban J connectivity index is 2.60. The molecule has 0 unspecified atom stereocenters. The van der Waals surface area contributed by atoms with Crippen LogP contribution in [0.5, 0.6) is 0 Å². The Morgan fingerprint density at radius 2 is 1.61 bits per heavy atom. The number of hydrogen-bond acceptors (Lipinski definition) is 2. The van der Waals surface area contributed by atoms with Gasteiger partial charge in [0.2, 0.25) is 0 Å². The molecule has 0 aliphatic heterocycles. The van der Waals surface area contributed by atoms with Gasteiger partial charge in [-0.1, -0.05) is 78.1 Å². The topological polar surface area (TPSA) is 18.5 Å². The fourth-order valence-electron chi connectivity index (χ4n) is 3.47. The van der Waals surface area contributed by atoms with E-state index in [9.17, 15) is 0 Å². The number of allylic oxidation sites excluding steroid dienone is 2. The summed E-state index contributed by atoms with van der Waals surface area (Å²) in [7, 11) is 3.21. The van der Waals surface area contributed by atoms with Crippen molar-refractivity contribution in [1.82, 2.24) is 0 Å². The highest BCUT2D eigenvalue weighted by Gasteiger charge is 2.37. The molecule has 0 spiro atoms. The second-order valence-electron chi connectivity index (χ2n) is 6.49. The quantitative estimate of drug-likeness (QED) is 0.542. The SMILES string of the molecule is COC1(OC)CC=CC=C1c1ccccc1P(C(C)C)C(C)C. The molecule has 0 saturated carbocycles. The predicted octanol–water partition coefficient (Wildman–Crippen LogP) is 4.94. The van der Waals surface area contributed by atoms with Crippen LogP contribution < -0.4 is 5.30 Å². The van der Waals surface area contributed by atoms with Gasteiger partial charge in [0.1, 0.15) is 0 Å². The van der Waals surface area contributed by atoms with Gasteiger partial charge >= 0.3 is 0 Å². The molecule has 0 amide bonds. The first kappa shape index (κ1) is 18.4. The lowest BCUT2D eigenvalue weighted by atomic mass is 9.91. The summed E-state index contributed by atoms with van der Waals surface area (Å²) in [5.74, 6) is -0.681. The molecule has 0 N–H and O–H groups in total. The third kappa shape index (κ3) is 3.60. The Morgan fingerprint density at radius 1 is 1.00 bits per heavy atom. The molecule has 0 fully saturated rings. The van der Waals surface area contributed by atoms with E-state index in [0.29, 0.717) is 11.3 Å². The molecule has 23 heavy (non-hydrogen) atoms. The average molecular weight is 332 g/mol. The van der Waals surface area contributed by atoms with Gasteiger partial charge in [-0.3, -0.25) is 0 Å². The molecule has 2 nitrogen and oxygen atoms in total. The molecular weight excluding hydrogens is 303 g/mol. The number of hydrogen-bond donors (Lipinski definition) is 0. The van der Waals surface area contributed by atoms with E-state index in [4.69, 9.17) is 9.47 Å². The maximum Gasteiger partial charge on any atom is 0.198 e. The van der Waals surface area contributed by atoms with Crippen molar-refractivity contribution in [1.29, 1.82) is 0 Å². The Morgan fingerprint density at radius 3 is 2.17 bits per heavy atom. The third-order valence-corrected chi connectivity index (χ3v) is 7.61. The summed E-state index contributed by atoms with van der Waals surface area (Å²) in [6.45, 7) is 9.32. The molecule has 0 saturated heterocycles. The lowest BCUT2D eigenvalue weighted by Gasteiger charge is -2.37. The highest BCUT2D eigenvalue weighted by atomic mass is 31.1. The zero-order chi connectivity index (χ0) is 17.0. The summed E-state index contributed by atoms with van der Waals surface area (Å²) in [6, 6.07) is 8.77. The van der Waals surface area contributed by atoms with Crippen molar-refractivity contribution in [3.63, 3.8) is 0 Å². The maximum absolute atomic E-state index is 5.82. The van der Waals surface area contributed by atoms with E-state index >= 15 is 0 Å². The van der Waals surface area contributed by atoms with Gasteiger partial charge in [0, 0.05) is 26.2 Å². The van der Waals surface area contributed by atoms with E-state index in [1.54, 1.807) is 14.2 Å². The number of methoxy groups -OCH3 is 2. The van der Waals surface area contributed by atoms with Crippen molar-refractivity contribution >= 4 is 18.8 Å². The summed E-state index contributed by atoms with van der Waals surface area (Å²) in [5.41, 5.74) is 3.69. The number of rotatable bonds is 6. The first-order chi connectivity index (χ1) is 11.0. The Kier molecular flexibility index (Phi) is 6.19. The highest BCUT2D eigenvalue weighted by molar-refractivity contribution is 7.67. The van der Waals surface area contributed by atoms with Crippen molar-refractivity contribution in [3.05, 3.63) is 48.1 Å². The molecule has 0 heterocycles. The Bertz CT molecular complexity index is 575.